The van der Waals surface area contributed by atoms with Gasteiger partial charge in [-0.25, -0.2) is 4.79 Å². The van der Waals surface area contributed by atoms with Crippen molar-refractivity contribution in [2.24, 2.45) is 0 Å². The molecule has 0 rings (SSSR count). The Morgan fingerprint density at radius 3 is 2.60 bits per heavy atom. The van der Waals surface area contributed by atoms with Crippen molar-refractivity contribution in [3.8, 4) is 0 Å². The third-order valence-electron chi connectivity index (χ3n) is 1.08. The van der Waals surface area contributed by atoms with Crippen LogP contribution in [0.3, 0.4) is 0 Å². The molecule has 0 unspecified atom stereocenters. The first-order valence-corrected chi connectivity index (χ1v) is 3.27. The number of ether oxygens (including phenoxy) is 1. The molecule has 4 nitrogen and oxygen atoms in total. The Morgan fingerprint density at radius 2 is 2.30 bits per heavy atom. The van der Waals surface area contributed by atoms with Crippen molar-refractivity contribution in [2.75, 3.05) is 6.61 Å². The van der Waals surface area contributed by atoms with Crippen LogP contribution >= 0.6 is 0 Å². The van der Waals surface area contributed by atoms with E-state index >= 15 is 0 Å². The van der Waals surface area contributed by atoms with Crippen molar-refractivity contribution in [1.82, 2.24) is 0 Å². The molecule has 10 heavy (non-hydrogen) atoms. The van der Waals surface area contributed by atoms with E-state index < -0.39 is 12.0 Å². The maximum atomic E-state index is 10.7. The van der Waals surface area contributed by atoms with Gasteiger partial charge in [0.05, 0.1) is 6.61 Å². The highest BCUT2D eigenvalue weighted by Crippen LogP contribution is 1.98. The molecule has 0 saturated carbocycles. The summed E-state index contributed by atoms with van der Waals surface area (Å²) < 4.78 is 4.59. The smallest absolute Gasteiger partial charge is 0.407 e. The lowest BCUT2D eigenvalue weighted by Gasteiger charge is -1.95. The maximum Gasteiger partial charge on any atom is 0.407 e. The number of hydrogen-bond donors (Lipinski definition) is 0. The van der Waals surface area contributed by atoms with Gasteiger partial charge >= 0.3 is 12.0 Å². The molecule has 0 bridgehead atoms. The lowest BCUT2D eigenvalue weighted by atomic mass is 10.2. The first kappa shape index (κ1) is 8.89. The van der Waals surface area contributed by atoms with Crippen molar-refractivity contribution >= 4 is 5.97 Å². The third-order valence-corrected chi connectivity index (χ3v) is 1.08. The van der Waals surface area contributed by atoms with Crippen LogP contribution in [0, 0.1) is 5.39 Å². The highest BCUT2D eigenvalue weighted by molar-refractivity contribution is 5.77. The molecule has 0 heterocycles. The molecule has 0 amide bonds. The number of carbonyl (C=O) groups is 1. The summed E-state index contributed by atoms with van der Waals surface area (Å²) in [6.07, 6.45) is 0.468. The van der Waals surface area contributed by atoms with Gasteiger partial charge in [0.15, 0.2) is 0 Å². The lowest BCUT2D eigenvalue weighted by molar-refractivity contribution is -0.143. The first-order chi connectivity index (χ1) is 4.76. The molecule has 0 aliphatic heterocycles. The summed E-state index contributed by atoms with van der Waals surface area (Å²) in [6, 6.07) is -0.708. The van der Waals surface area contributed by atoms with Crippen LogP contribution in [0.1, 0.15) is 20.3 Å². The van der Waals surface area contributed by atoms with Crippen molar-refractivity contribution in [2.45, 2.75) is 26.3 Å². The Morgan fingerprint density at radius 1 is 1.70 bits per heavy atom. The van der Waals surface area contributed by atoms with Gasteiger partial charge in [-0.3, -0.25) is 0 Å². The molecule has 0 radical (unpaired) electrons. The van der Waals surface area contributed by atoms with Crippen molar-refractivity contribution in [3.05, 3.63) is 4.98 Å². The minimum Gasteiger partial charge on any atom is -0.460 e. The fourth-order valence-electron chi connectivity index (χ4n) is 0.534. The summed E-state index contributed by atoms with van der Waals surface area (Å²) in [5.41, 5.74) is 0. The molecule has 0 aromatic heterocycles. The molecule has 0 aromatic carbocycles. The standard InChI is InChI=1S/C6H11N2O2/c1-3-5(8-7)6(9)10-4-2/h5H,3-4H2,1-2H3/q+1/t5-/m1/s1. The van der Waals surface area contributed by atoms with Crippen LogP contribution in [-0.2, 0) is 9.53 Å². The fourth-order valence-corrected chi connectivity index (χ4v) is 0.534. The van der Waals surface area contributed by atoms with Gasteiger partial charge in [-0.05, 0) is 6.92 Å². The van der Waals surface area contributed by atoms with E-state index in [9.17, 15) is 4.79 Å². The zero-order valence-electron chi connectivity index (χ0n) is 6.20. The molecule has 0 aromatic rings. The van der Waals surface area contributed by atoms with Gasteiger partial charge in [0.25, 0.3) is 0 Å². The first-order valence-electron chi connectivity index (χ1n) is 3.27. The predicted octanol–water partition coefficient (Wildman–Crippen LogP) is 1.18. The molecule has 4 heteroatoms. The topological polar surface area (TPSA) is 54.5 Å². The molecule has 0 spiro atoms. The Bertz CT molecular complexity index is 150. The quantitative estimate of drug-likeness (QED) is 0.440. The van der Waals surface area contributed by atoms with Crippen molar-refractivity contribution < 1.29 is 9.53 Å². The molecule has 0 aliphatic rings. The molecule has 0 N–H and O–H groups in total. The maximum absolute atomic E-state index is 10.7. The average molecular weight is 143 g/mol. The second kappa shape index (κ2) is 4.74. The predicted molar refractivity (Wildman–Crippen MR) is 35.8 cm³/mol. The highest BCUT2D eigenvalue weighted by Gasteiger charge is 2.28. The van der Waals surface area contributed by atoms with E-state index in [1.54, 1.807) is 13.8 Å². The second-order valence-corrected chi connectivity index (χ2v) is 1.79. The highest BCUT2D eigenvalue weighted by atomic mass is 16.5. The molecule has 1 atom stereocenters. The van der Waals surface area contributed by atoms with Crippen LogP contribution in [0.5, 0.6) is 0 Å². The van der Waals surface area contributed by atoms with E-state index in [1.165, 1.54) is 0 Å². The van der Waals surface area contributed by atoms with Crippen molar-refractivity contribution in [3.63, 3.8) is 0 Å². The number of hydrogen-bond acceptors (Lipinski definition) is 3. The van der Waals surface area contributed by atoms with Crippen LogP contribution in [0.25, 0.3) is 4.98 Å². The minimum atomic E-state index is -0.708. The SMILES string of the molecule is CCOC(=O)[C@@H](CC)[N+]#N. The largest absolute Gasteiger partial charge is 0.460 e. The van der Waals surface area contributed by atoms with E-state index in [4.69, 9.17) is 5.39 Å². The number of carbonyl (C=O) groups excluding carboxylic acids is 1. The van der Waals surface area contributed by atoms with E-state index in [0.717, 1.165) is 0 Å². The summed E-state index contributed by atoms with van der Waals surface area (Å²) in [5.74, 6) is -0.465. The second-order valence-electron chi connectivity index (χ2n) is 1.79. The summed E-state index contributed by atoms with van der Waals surface area (Å²) in [6.45, 7) is 3.79. The van der Waals surface area contributed by atoms with Gasteiger partial charge in [-0.2, -0.15) is 0 Å². The number of diazo groups is 1. The summed E-state index contributed by atoms with van der Waals surface area (Å²) in [5, 5.41) is 8.25. The van der Waals surface area contributed by atoms with E-state index in [0.29, 0.717) is 13.0 Å². The molecule has 56 valence electrons. The van der Waals surface area contributed by atoms with Gasteiger partial charge in [0.1, 0.15) is 4.98 Å². The van der Waals surface area contributed by atoms with Crippen LogP contribution in [0.2, 0.25) is 0 Å². The van der Waals surface area contributed by atoms with Crippen molar-refractivity contribution in [1.29, 1.82) is 5.39 Å². The van der Waals surface area contributed by atoms with Gasteiger partial charge in [-0.1, -0.05) is 6.92 Å². The fraction of sp³-hybridized carbons (Fsp3) is 0.833. The zero-order chi connectivity index (χ0) is 7.98. The molecule has 0 fully saturated rings. The average Bonchev–Trinajstić information content (AvgIpc) is 1.91. The van der Waals surface area contributed by atoms with Crippen LogP contribution < -0.4 is 0 Å². The van der Waals surface area contributed by atoms with E-state index in [-0.39, 0.29) is 0 Å². The third kappa shape index (κ3) is 2.44. The number of esters is 1. The molecule has 0 saturated heterocycles. The summed E-state index contributed by atoms with van der Waals surface area (Å²) in [4.78, 5) is 13.6. The monoisotopic (exact) mass is 143 g/mol. The molecular formula is C6H11N2O2+. The lowest BCUT2D eigenvalue weighted by Crippen LogP contribution is -2.18. The number of nitrogens with zero attached hydrogens (tertiary/aromatic N) is 2. The Balaban J connectivity index is 3.80. The normalized spacial score (nSPS) is 11.7. The Labute approximate surface area is 59.8 Å². The van der Waals surface area contributed by atoms with Gasteiger partial charge in [0, 0.05) is 6.42 Å². The van der Waals surface area contributed by atoms with Gasteiger partial charge in [0.2, 0.25) is 5.39 Å². The van der Waals surface area contributed by atoms with Gasteiger partial charge in [-0.15, -0.1) is 0 Å². The zero-order valence-corrected chi connectivity index (χ0v) is 6.20. The van der Waals surface area contributed by atoms with E-state index in [1.807, 2.05) is 0 Å². The summed E-state index contributed by atoms with van der Waals surface area (Å²) in [7, 11) is 0. The molecular weight excluding hydrogens is 132 g/mol. The minimum absolute atomic E-state index is 0.324. The van der Waals surface area contributed by atoms with Crippen LogP contribution in [0.4, 0.5) is 0 Å². The number of rotatable bonds is 3. The Kier molecular flexibility index (Phi) is 4.21. The Hall–Kier alpha value is -1.11. The van der Waals surface area contributed by atoms with E-state index in [2.05, 4.69) is 9.71 Å². The van der Waals surface area contributed by atoms with Crippen LogP contribution in [0.15, 0.2) is 0 Å². The van der Waals surface area contributed by atoms with Gasteiger partial charge < -0.3 is 4.74 Å². The summed E-state index contributed by atoms with van der Waals surface area (Å²) >= 11 is 0. The van der Waals surface area contributed by atoms with Crippen LogP contribution in [-0.4, -0.2) is 18.6 Å². The molecule has 0 aliphatic carbocycles.